The number of unbranched alkanes of at least 4 members (excludes halogenated alkanes) is 1. The summed E-state index contributed by atoms with van der Waals surface area (Å²) in [6, 6.07) is 11.9. The van der Waals surface area contributed by atoms with E-state index in [1.807, 2.05) is 12.1 Å². The third-order valence-corrected chi connectivity index (χ3v) is 6.02. The smallest absolute Gasteiger partial charge is 0.337 e. The van der Waals surface area contributed by atoms with Crippen LogP contribution in [0.15, 0.2) is 42.5 Å². The second-order valence-electron chi connectivity index (χ2n) is 7.42. The lowest BCUT2D eigenvalue weighted by atomic mass is 10.1. The molecule has 1 aliphatic heterocycles. The lowest BCUT2D eigenvalue weighted by Gasteiger charge is -2.15. The van der Waals surface area contributed by atoms with E-state index < -0.39 is 28.3 Å². The molecule has 0 aromatic heterocycles. The summed E-state index contributed by atoms with van der Waals surface area (Å²) in [5.74, 6) is -2.14. The minimum atomic E-state index is -1.16. The lowest BCUT2D eigenvalue weighted by molar-refractivity contribution is -0.121. The summed E-state index contributed by atoms with van der Waals surface area (Å²) in [5, 5.41) is 10.6. The fourth-order valence-corrected chi connectivity index (χ4v) is 4.32. The molecule has 1 fully saturated rings. The van der Waals surface area contributed by atoms with Crippen LogP contribution in [-0.4, -0.2) is 33.4 Å². The van der Waals surface area contributed by atoms with Crippen LogP contribution in [-0.2, 0) is 16.0 Å². The van der Waals surface area contributed by atoms with Gasteiger partial charge in [0.15, 0.2) is 0 Å². The van der Waals surface area contributed by atoms with Gasteiger partial charge in [0.25, 0.3) is 5.24 Å². The number of carbonyl (C=O) groups excluding carboxylic acids is 3. The zero-order valence-corrected chi connectivity index (χ0v) is 18.2. The molecule has 1 atom stereocenters. The maximum Gasteiger partial charge on any atom is 0.337 e. The van der Waals surface area contributed by atoms with Crippen LogP contribution < -0.4 is 10.2 Å². The molecule has 0 radical (unpaired) electrons. The van der Waals surface area contributed by atoms with E-state index in [0.717, 1.165) is 47.1 Å². The summed E-state index contributed by atoms with van der Waals surface area (Å²) in [7, 11) is 0. The van der Waals surface area contributed by atoms with E-state index in [-0.39, 0.29) is 17.7 Å². The number of carboxylic acids is 1. The average Bonchev–Trinajstić information content (AvgIpc) is 2.99. The van der Waals surface area contributed by atoms with Gasteiger partial charge >= 0.3 is 5.97 Å². The molecule has 2 aromatic rings. The standard InChI is InChI=1S/C23H24N2O5S/c1-3-4-5-15-7-9-16(10-8-15)25-21(27)19(31-23(25)30)13-20(26)24-18-12-14(2)6-11-17(18)22(28)29/h6-12,19H,3-5,13H2,1-2H3,(H,24,26)(H,28,29). The summed E-state index contributed by atoms with van der Waals surface area (Å²) in [5.41, 5.74) is 2.54. The van der Waals surface area contributed by atoms with Crippen molar-refractivity contribution in [1.29, 1.82) is 0 Å². The number of aromatic carboxylic acids is 1. The normalized spacial score (nSPS) is 15.9. The number of nitrogens with zero attached hydrogens (tertiary/aromatic N) is 1. The van der Waals surface area contributed by atoms with Gasteiger partial charge < -0.3 is 10.4 Å². The molecule has 0 saturated carbocycles. The molecule has 1 unspecified atom stereocenters. The molecule has 1 aliphatic rings. The Morgan fingerprint density at radius 1 is 1.13 bits per heavy atom. The number of thioether (sulfide) groups is 1. The molecule has 7 nitrogen and oxygen atoms in total. The quantitative estimate of drug-likeness (QED) is 0.620. The van der Waals surface area contributed by atoms with E-state index in [1.165, 1.54) is 6.07 Å². The Morgan fingerprint density at radius 3 is 2.48 bits per heavy atom. The summed E-state index contributed by atoms with van der Waals surface area (Å²) in [6.45, 7) is 3.90. The Bertz CT molecular complexity index is 1020. The zero-order valence-electron chi connectivity index (χ0n) is 17.4. The van der Waals surface area contributed by atoms with Gasteiger partial charge in [0.1, 0.15) is 5.25 Å². The van der Waals surface area contributed by atoms with Crippen molar-refractivity contribution in [2.45, 2.75) is 44.8 Å². The lowest BCUT2D eigenvalue weighted by Crippen LogP contribution is -2.33. The van der Waals surface area contributed by atoms with E-state index in [1.54, 1.807) is 31.2 Å². The second-order valence-corrected chi connectivity index (χ2v) is 8.58. The van der Waals surface area contributed by atoms with E-state index in [2.05, 4.69) is 12.2 Å². The maximum absolute atomic E-state index is 12.8. The molecule has 162 valence electrons. The number of imide groups is 1. The predicted octanol–water partition coefficient (Wildman–Crippen LogP) is 4.63. The number of hydrogen-bond donors (Lipinski definition) is 2. The molecule has 8 heteroatoms. The number of rotatable bonds is 8. The third kappa shape index (κ3) is 5.32. The van der Waals surface area contributed by atoms with Crippen LogP contribution in [0.2, 0.25) is 0 Å². The highest BCUT2D eigenvalue weighted by atomic mass is 32.2. The number of hydrogen-bond acceptors (Lipinski definition) is 5. The number of aryl methyl sites for hydroxylation is 2. The number of carboxylic acid groups (broad SMARTS) is 1. The number of nitrogens with one attached hydrogen (secondary N) is 1. The first kappa shape index (κ1) is 22.6. The van der Waals surface area contributed by atoms with E-state index in [0.29, 0.717) is 5.69 Å². The minimum Gasteiger partial charge on any atom is -0.478 e. The molecular weight excluding hydrogens is 416 g/mol. The van der Waals surface area contributed by atoms with Crippen molar-refractivity contribution < 1.29 is 24.3 Å². The highest BCUT2D eigenvalue weighted by molar-refractivity contribution is 8.15. The highest BCUT2D eigenvalue weighted by Gasteiger charge is 2.41. The highest BCUT2D eigenvalue weighted by Crippen LogP contribution is 2.34. The van der Waals surface area contributed by atoms with Gasteiger partial charge in [-0.3, -0.25) is 14.4 Å². The van der Waals surface area contributed by atoms with Crippen LogP contribution in [0.25, 0.3) is 0 Å². The maximum atomic E-state index is 12.8. The Morgan fingerprint density at radius 2 is 1.84 bits per heavy atom. The summed E-state index contributed by atoms with van der Waals surface area (Å²) in [4.78, 5) is 50.2. The van der Waals surface area contributed by atoms with Crippen molar-refractivity contribution in [2.24, 2.45) is 0 Å². The Labute approximate surface area is 184 Å². The van der Waals surface area contributed by atoms with E-state index >= 15 is 0 Å². The predicted molar refractivity (Wildman–Crippen MR) is 121 cm³/mol. The Balaban J connectivity index is 1.68. The van der Waals surface area contributed by atoms with Crippen molar-refractivity contribution in [3.05, 3.63) is 59.2 Å². The third-order valence-electron chi connectivity index (χ3n) is 4.99. The summed E-state index contributed by atoms with van der Waals surface area (Å²) >= 11 is 0.808. The van der Waals surface area contributed by atoms with Crippen LogP contribution in [0.3, 0.4) is 0 Å². The summed E-state index contributed by atoms with van der Waals surface area (Å²) in [6.07, 6.45) is 2.86. The first-order chi connectivity index (χ1) is 14.8. The van der Waals surface area contributed by atoms with Crippen LogP contribution in [0.4, 0.5) is 16.2 Å². The SMILES string of the molecule is CCCCc1ccc(N2C(=O)SC(CC(=O)Nc3cc(C)ccc3C(=O)O)C2=O)cc1. The molecule has 0 spiro atoms. The molecule has 1 saturated heterocycles. The Hall–Kier alpha value is -3.13. The van der Waals surface area contributed by atoms with Gasteiger partial charge in [-0.25, -0.2) is 9.69 Å². The van der Waals surface area contributed by atoms with Gasteiger partial charge in [0, 0.05) is 6.42 Å². The molecule has 2 aromatic carbocycles. The topological polar surface area (TPSA) is 104 Å². The number of anilines is 2. The fourth-order valence-electron chi connectivity index (χ4n) is 3.33. The molecule has 0 aliphatic carbocycles. The number of carbonyl (C=O) groups is 4. The fraction of sp³-hybridized carbons (Fsp3) is 0.304. The minimum absolute atomic E-state index is 0.0368. The van der Waals surface area contributed by atoms with Crippen molar-refractivity contribution >= 4 is 46.2 Å². The molecule has 0 bridgehead atoms. The average molecular weight is 441 g/mol. The van der Waals surface area contributed by atoms with Gasteiger partial charge in [0.05, 0.1) is 16.9 Å². The van der Waals surface area contributed by atoms with Gasteiger partial charge in [-0.1, -0.05) is 31.5 Å². The van der Waals surface area contributed by atoms with Gasteiger partial charge in [0.2, 0.25) is 11.8 Å². The van der Waals surface area contributed by atoms with Crippen LogP contribution >= 0.6 is 11.8 Å². The second kappa shape index (κ2) is 9.78. The largest absolute Gasteiger partial charge is 0.478 e. The van der Waals surface area contributed by atoms with Crippen LogP contribution in [0.1, 0.15) is 47.7 Å². The molecule has 2 N–H and O–H groups in total. The van der Waals surface area contributed by atoms with Crippen molar-refractivity contribution in [3.8, 4) is 0 Å². The Kier molecular flexibility index (Phi) is 7.12. The van der Waals surface area contributed by atoms with Crippen LogP contribution in [0, 0.1) is 6.92 Å². The zero-order chi connectivity index (χ0) is 22.5. The molecule has 31 heavy (non-hydrogen) atoms. The molecule has 3 amide bonds. The van der Waals surface area contributed by atoms with E-state index in [4.69, 9.17) is 0 Å². The molecule has 1 heterocycles. The molecular formula is C23H24N2O5S. The van der Waals surface area contributed by atoms with Crippen LogP contribution in [0.5, 0.6) is 0 Å². The van der Waals surface area contributed by atoms with Gasteiger partial charge in [-0.15, -0.1) is 0 Å². The first-order valence-corrected chi connectivity index (χ1v) is 11.0. The summed E-state index contributed by atoms with van der Waals surface area (Å²) < 4.78 is 0. The van der Waals surface area contributed by atoms with Gasteiger partial charge in [-0.2, -0.15) is 0 Å². The molecule has 3 rings (SSSR count). The van der Waals surface area contributed by atoms with E-state index in [9.17, 15) is 24.3 Å². The number of benzene rings is 2. The first-order valence-electron chi connectivity index (χ1n) is 10.1. The van der Waals surface area contributed by atoms with Crippen molar-refractivity contribution in [2.75, 3.05) is 10.2 Å². The van der Waals surface area contributed by atoms with Crippen molar-refractivity contribution in [1.82, 2.24) is 0 Å². The number of amides is 3. The van der Waals surface area contributed by atoms with Crippen molar-refractivity contribution in [3.63, 3.8) is 0 Å². The van der Waals surface area contributed by atoms with Gasteiger partial charge in [-0.05, 0) is 66.9 Å². The monoisotopic (exact) mass is 440 g/mol.